The van der Waals surface area contributed by atoms with Gasteiger partial charge in [0, 0.05) is 11.1 Å². The highest BCUT2D eigenvalue weighted by Gasteiger charge is 2.57. The molecule has 0 spiro atoms. The van der Waals surface area contributed by atoms with Crippen molar-refractivity contribution >= 4 is 5.71 Å². The summed E-state index contributed by atoms with van der Waals surface area (Å²) in [5, 5.41) is 0. The number of benzene rings is 2. The largest absolute Gasteiger partial charge is 0.442 e. The summed E-state index contributed by atoms with van der Waals surface area (Å²) in [5.74, 6) is 1.22. The van der Waals surface area contributed by atoms with E-state index in [1.165, 1.54) is 37.3 Å². The van der Waals surface area contributed by atoms with Crippen LogP contribution >= 0.6 is 0 Å². The van der Waals surface area contributed by atoms with Crippen molar-refractivity contribution in [2.75, 3.05) is 0 Å². The Balaban J connectivity index is 1.49. The van der Waals surface area contributed by atoms with Gasteiger partial charge in [-0.25, -0.2) is 14.4 Å². The third-order valence-electron chi connectivity index (χ3n) is 7.48. The highest BCUT2D eigenvalue weighted by Crippen LogP contribution is 2.65. The zero-order valence-electron chi connectivity index (χ0n) is 17.6. The van der Waals surface area contributed by atoms with Crippen LogP contribution in [0, 0.1) is 11.7 Å². The first-order valence-corrected chi connectivity index (χ1v) is 11.1. The Kier molecular flexibility index (Phi) is 3.53. The molecule has 6 heteroatoms. The number of aromatic nitrogens is 3. The van der Waals surface area contributed by atoms with E-state index >= 15 is 0 Å². The molecule has 0 saturated heterocycles. The minimum atomic E-state index is -0.263. The number of oxazole rings is 1. The van der Waals surface area contributed by atoms with Crippen molar-refractivity contribution in [3.63, 3.8) is 0 Å². The van der Waals surface area contributed by atoms with Crippen LogP contribution < -0.4 is 0 Å². The maximum atomic E-state index is 15.0. The van der Waals surface area contributed by atoms with Crippen molar-refractivity contribution in [2.45, 2.75) is 37.6 Å². The van der Waals surface area contributed by atoms with E-state index in [4.69, 9.17) is 9.41 Å². The predicted octanol–water partition coefficient (Wildman–Crippen LogP) is 5.63. The summed E-state index contributed by atoms with van der Waals surface area (Å²) in [5.41, 5.74) is 6.39. The first-order chi connectivity index (χ1) is 15.6. The van der Waals surface area contributed by atoms with E-state index in [0.29, 0.717) is 28.1 Å². The standard InChI is InChI=1S/C26H21FN4O/c1-15-25-24(22-12-28-14-32-22)29-13-31(25)21-7-6-17(26-9-16(10-26)11-26)8-19(21)23(30-15)18-4-2-3-5-20(18)27/h2-8,12-16H,9-11H2,1H3/t15-,16?,26?/m1/s1. The van der Waals surface area contributed by atoms with Crippen molar-refractivity contribution in [3.8, 4) is 17.1 Å². The third kappa shape index (κ3) is 2.35. The minimum absolute atomic E-state index is 0.252. The van der Waals surface area contributed by atoms with Gasteiger partial charge in [0.05, 0.1) is 29.3 Å². The van der Waals surface area contributed by atoms with E-state index in [9.17, 15) is 4.39 Å². The normalized spacial score (nSPS) is 25.1. The summed E-state index contributed by atoms with van der Waals surface area (Å²) in [6.07, 6.45) is 8.67. The second kappa shape index (κ2) is 6.25. The Labute approximate surface area is 184 Å². The monoisotopic (exact) mass is 424 g/mol. The van der Waals surface area contributed by atoms with Crippen LogP contribution in [-0.2, 0) is 5.41 Å². The minimum Gasteiger partial charge on any atom is -0.442 e. The van der Waals surface area contributed by atoms with Gasteiger partial charge < -0.3 is 4.42 Å². The Bertz CT molecular complexity index is 1380. The van der Waals surface area contributed by atoms with Crippen LogP contribution in [0.2, 0.25) is 0 Å². The van der Waals surface area contributed by atoms with Crippen LogP contribution in [0.3, 0.4) is 0 Å². The van der Waals surface area contributed by atoms with Crippen molar-refractivity contribution in [1.29, 1.82) is 0 Å². The summed E-state index contributed by atoms with van der Waals surface area (Å²) in [4.78, 5) is 13.8. The predicted molar refractivity (Wildman–Crippen MR) is 119 cm³/mol. The molecule has 8 rings (SSSR count). The molecule has 2 aromatic heterocycles. The van der Waals surface area contributed by atoms with E-state index in [0.717, 1.165) is 22.9 Å². The molecule has 3 aliphatic carbocycles. The van der Waals surface area contributed by atoms with Crippen LogP contribution in [0.5, 0.6) is 0 Å². The maximum absolute atomic E-state index is 15.0. The van der Waals surface area contributed by atoms with Crippen LogP contribution in [0.1, 0.15) is 54.6 Å². The van der Waals surface area contributed by atoms with Crippen molar-refractivity contribution in [3.05, 3.63) is 89.6 Å². The van der Waals surface area contributed by atoms with Crippen LogP contribution in [0.25, 0.3) is 17.1 Å². The first-order valence-electron chi connectivity index (χ1n) is 11.1. The smallest absolute Gasteiger partial charge is 0.181 e. The van der Waals surface area contributed by atoms with Gasteiger partial charge in [0.15, 0.2) is 12.2 Å². The van der Waals surface area contributed by atoms with Gasteiger partial charge in [0.25, 0.3) is 0 Å². The molecule has 32 heavy (non-hydrogen) atoms. The van der Waals surface area contributed by atoms with Gasteiger partial charge in [0.1, 0.15) is 17.8 Å². The Hall–Kier alpha value is -3.54. The molecule has 0 radical (unpaired) electrons. The second-order valence-electron chi connectivity index (χ2n) is 9.34. The van der Waals surface area contributed by atoms with Gasteiger partial charge in [-0.2, -0.15) is 0 Å². The average Bonchev–Trinajstić information content (AvgIpc) is 3.38. The molecule has 4 aromatic rings. The van der Waals surface area contributed by atoms with Gasteiger partial charge in [0.2, 0.25) is 0 Å². The van der Waals surface area contributed by atoms with Gasteiger partial charge in [-0.3, -0.25) is 9.56 Å². The van der Waals surface area contributed by atoms with Gasteiger partial charge >= 0.3 is 0 Å². The van der Waals surface area contributed by atoms with E-state index in [-0.39, 0.29) is 11.9 Å². The lowest BCUT2D eigenvalue weighted by Crippen LogP contribution is -2.55. The van der Waals surface area contributed by atoms with E-state index in [1.807, 2.05) is 25.4 Å². The van der Waals surface area contributed by atoms with Crippen molar-refractivity contribution in [1.82, 2.24) is 14.5 Å². The Morgan fingerprint density at radius 2 is 1.94 bits per heavy atom. The number of halogens is 1. The summed E-state index contributed by atoms with van der Waals surface area (Å²) in [6.45, 7) is 2.02. The molecular weight excluding hydrogens is 403 g/mol. The summed E-state index contributed by atoms with van der Waals surface area (Å²) in [7, 11) is 0. The molecule has 5 nitrogen and oxygen atoms in total. The number of rotatable bonds is 3. The molecule has 0 amide bonds. The molecule has 1 aliphatic heterocycles. The molecule has 1 atom stereocenters. The lowest BCUT2D eigenvalue weighted by atomic mass is 9.42. The number of aliphatic imine (C=N–C) groups is 1. The Morgan fingerprint density at radius 3 is 2.66 bits per heavy atom. The first kappa shape index (κ1) is 18.1. The second-order valence-corrected chi connectivity index (χ2v) is 9.34. The Morgan fingerprint density at radius 1 is 1.09 bits per heavy atom. The lowest BCUT2D eigenvalue weighted by Gasteiger charge is -2.62. The summed E-state index contributed by atoms with van der Waals surface area (Å²) >= 11 is 0. The van der Waals surface area contributed by atoms with E-state index in [2.05, 4.69) is 32.7 Å². The molecule has 3 fully saturated rings. The molecule has 3 saturated carbocycles. The lowest BCUT2D eigenvalue weighted by molar-refractivity contribution is -0.0274. The van der Waals surface area contributed by atoms with E-state index in [1.54, 1.807) is 12.3 Å². The molecule has 0 N–H and O–H groups in total. The third-order valence-corrected chi connectivity index (χ3v) is 7.48. The van der Waals surface area contributed by atoms with Crippen molar-refractivity contribution < 1.29 is 8.81 Å². The van der Waals surface area contributed by atoms with Gasteiger partial charge in [-0.15, -0.1) is 0 Å². The van der Waals surface area contributed by atoms with E-state index < -0.39 is 0 Å². The zero-order valence-corrected chi connectivity index (χ0v) is 17.6. The highest BCUT2D eigenvalue weighted by molar-refractivity contribution is 6.15. The topological polar surface area (TPSA) is 56.2 Å². The van der Waals surface area contributed by atoms with Gasteiger partial charge in [-0.1, -0.05) is 18.2 Å². The van der Waals surface area contributed by atoms with Crippen LogP contribution in [0.15, 0.2) is 70.8 Å². The molecular formula is C26H21FN4O. The highest BCUT2D eigenvalue weighted by atomic mass is 19.1. The fourth-order valence-electron chi connectivity index (χ4n) is 5.76. The molecule has 0 unspecified atom stereocenters. The number of fused-ring (bicyclic) bond motifs is 3. The number of imidazole rings is 1. The zero-order chi connectivity index (χ0) is 21.4. The summed E-state index contributed by atoms with van der Waals surface area (Å²) in [6, 6.07) is 13.3. The fourth-order valence-corrected chi connectivity index (χ4v) is 5.76. The summed E-state index contributed by atoms with van der Waals surface area (Å²) < 4.78 is 22.6. The molecule has 2 bridgehead atoms. The SMILES string of the molecule is C[C@H]1N=C(c2ccccc2F)c2cc(C34CC(C3)C4)ccc2-n2cnc(-c3cnco3)c21. The molecule has 4 aliphatic rings. The number of nitrogens with zero attached hydrogens (tertiary/aromatic N) is 4. The van der Waals surface area contributed by atoms with Gasteiger partial charge in [-0.05, 0) is 67.3 Å². The molecule has 3 heterocycles. The maximum Gasteiger partial charge on any atom is 0.181 e. The fraction of sp³-hybridized carbons (Fsp3) is 0.269. The number of hydrogen-bond acceptors (Lipinski definition) is 4. The number of hydrogen-bond donors (Lipinski definition) is 0. The quantitative estimate of drug-likeness (QED) is 0.428. The van der Waals surface area contributed by atoms with Crippen molar-refractivity contribution in [2.24, 2.45) is 10.9 Å². The van der Waals surface area contributed by atoms with Crippen LogP contribution in [0.4, 0.5) is 4.39 Å². The average molecular weight is 424 g/mol. The van der Waals surface area contributed by atoms with Crippen LogP contribution in [-0.4, -0.2) is 20.2 Å². The molecule has 158 valence electrons. The molecule has 2 aromatic carbocycles.